The summed E-state index contributed by atoms with van der Waals surface area (Å²) in [5, 5.41) is 9.26. The summed E-state index contributed by atoms with van der Waals surface area (Å²) in [7, 11) is 0. The minimum atomic E-state index is -1.22. The first-order chi connectivity index (χ1) is 15.7. The molecule has 0 aromatic rings. The number of hydrogen-bond acceptors (Lipinski definition) is 6. The van der Waals surface area contributed by atoms with Gasteiger partial charge in [0, 0.05) is 25.2 Å². The van der Waals surface area contributed by atoms with E-state index in [1.165, 1.54) is 0 Å². The predicted octanol–water partition coefficient (Wildman–Crippen LogP) is 1.82. The molecule has 0 aliphatic carbocycles. The third kappa shape index (κ3) is 4.12. The van der Waals surface area contributed by atoms with Crippen molar-refractivity contribution >= 4 is 17.8 Å². The predicted molar refractivity (Wildman–Crippen MR) is 121 cm³/mol. The van der Waals surface area contributed by atoms with Crippen LogP contribution in [0, 0.1) is 11.8 Å². The fourth-order valence-electron chi connectivity index (χ4n) is 5.65. The summed E-state index contributed by atoms with van der Waals surface area (Å²) in [6.45, 7) is 6.98. The Balaban J connectivity index is 1.79. The SMILES string of the molecule is CC(C)(C)N1CC=C[C@]23O[C@H]4/C=C\CCCCOC(=O)[C@H]4[C@H]2C(=O)N(CCCCO)C3C1=O. The number of esters is 1. The zero-order valence-corrected chi connectivity index (χ0v) is 19.9. The molecular formula is C25H36N2O6. The highest BCUT2D eigenvalue weighted by molar-refractivity contribution is 5.99. The van der Waals surface area contributed by atoms with Crippen molar-refractivity contribution in [3.8, 4) is 0 Å². The van der Waals surface area contributed by atoms with Crippen LogP contribution in [-0.4, -0.2) is 82.3 Å². The van der Waals surface area contributed by atoms with Crippen LogP contribution < -0.4 is 0 Å². The second-order valence-electron chi connectivity index (χ2n) is 10.4. The summed E-state index contributed by atoms with van der Waals surface area (Å²) in [6.07, 6.45) is 10.6. The van der Waals surface area contributed by atoms with Crippen LogP contribution in [0.3, 0.4) is 0 Å². The van der Waals surface area contributed by atoms with Gasteiger partial charge in [-0.05, 0) is 52.9 Å². The van der Waals surface area contributed by atoms with Crippen molar-refractivity contribution < 1.29 is 29.0 Å². The van der Waals surface area contributed by atoms with Gasteiger partial charge in [0.05, 0.1) is 18.6 Å². The van der Waals surface area contributed by atoms with E-state index in [0.717, 1.165) is 19.3 Å². The molecule has 4 aliphatic heterocycles. The largest absolute Gasteiger partial charge is 0.465 e. The van der Waals surface area contributed by atoms with E-state index >= 15 is 0 Å². The Bertz CT molecular complexity index is 846. The number of aliphatic hydroxyl groups is 1. The van der Waals surface area contributed by atoms with Gasteiger partial charge in [-0.25, -0.2) is 0 Å². The van der Waals surface area contributed by atoms with Crippen molar-refractivity contribution in [2.75, 3.05) is 26.3 Å². The number of likely N-dealkylation sites (tertiary alicyclic amines) is 1. The Morgan fingerprint density at radius 2 is 1.91 bits per heavy atom. The van der Waals surface area contributed by atoms with Gasteiger partial charge in [-0.1, -0.05) is 24.3 Å². The van der Waals surface area contributed by atoms with Gasteiger partial charge >= 0.3 is 5.97 Å². The number of ether oxygens (including phenoxy) is 2. The van der Waals surface area contributed by atoms with E-state index < -0.39 is 41.1 Å². The molecule has 0 saturated carbocycles. The van der Waals surface area contributed by atoms with Gasteiger partial charge in [-0.2, -0.15) is 0 Å². The lowest BCUT2D eigenvalue weighted by molar-refractivity contribution is -0.155. The van der Waals surface area contributed by atoms with Gasteiger partial charge < -0.3 is 24.4 Å². The molecule has 4 heterocycles. The number of rotatable bonds is 4. The molecule has 4 aliphatic rings. The van der Waals surface area contributed by atoms with E-state index in [0.29, 0.717) is 32.5 Å². The molecule has 2 amide bonds. The number of hydrogen-bond donors (Lipinski definition) is 1. The molecule has 2 fully saturated rings. The summed E-state index contributed by atoms with van der Waals surface area (Å²) in [4.78, 5) is 44.3. The van der Waals surface area contributed by atoms with Gasteiger partial charge in [0.15, 0.2) is 0 Å². The van der Waals surface area contributed by atoms with E-state index in [2.05, 4.69) is 0 Å². The van der Waals surface area contributed by atoms with E-state index in [-0.39, 0.29) is 18.4 Å². The molecule has 0 radical (unpaired) electrons. The Kier molecular flexibility index (Phi) is 6.69. The zero-order valence-electron chi connectivity index (χ0n) is 19.9. The normalized spacial score (nSPS) is 35.6. The van der Waals surface area contributed by atoms with E-state index in [4.69, 9.17) is 9.47 Å². The van der Waals surface area contributed by atoms with Gasteiger partial charge in [0.2, 0.25) is 11.8 Å². The molecule has 8 heteroatoms. The maximum atomic E-state index is 14.0. The lowest BCUT2D eigenvalue weighted by Crippen LogP contribution is -2.58. The fraction of sp³-hybridized carbons (Fsp3) is 0.720. The Morgan fingerprint density at radius 1 is 1.12 bits per heavy atom. The lowest BCUT2D eigenvalue weighted by atomic mass is 9.77. The molecule has 0 bridgehead atoms. The highest BCUT2D eigenvalue weighted by Gasteiger charge is 2.71. The van der Waals surface area contributed by atoms with Crippen LogP contribution in [0.2, 0.25) is 0 Å². The number of unbranched alkanes of at least 4 members (excludes halogenated alkanes) is 1. The maximum Gasteiger partial charge on any atom is 0.312 e. The Hall–Kier alpha value is -2.19. The second kappa shape index (κ2) is 9.22. The number of allylic oxidation sites excluding steroid dienone is 1. The van der Waals surface area contributed by atoms with Gasteiger partial charge in [-0.15, -0.1) is 0 Å². The van der Waals surface area contributed by atoms with Gasteiger partial charge in [-0.3, -0.25) is 14.4 Å². The molecule has 2 saturated heterocycles. The Labute approximate surface area is 195 Å². The van der Waals surface area contributed by atoms with E-state index in [1.807, 2.05) is 45.1 Å². The summed E-state index contributed by atoms with van der Waals surface area (Å²) in [5.74, 6) is -2.47. The van der Waals surface area contributed by atoms with Crippen LogP contribution >= 0.6 is 0 Å². The molecule has 0 aromatic heterocycles. The standard InChI is InChI=1S/C25H36N2O6/c1-24(2,3)27-14-10-12-25-19(21(29)26(13-7-8-15-28)20(25)22(27)30)18-17(33-25)11-6-4-5-9-16-32-23(18)31/h6,10-12,17-20,28H,4-5,7-9,13-16H2,1-3H3/b11-6-/t17-,18+,19-,20?,25-/m0/s1. The van der Waals surface area contributed by atoms with Crippen LogP contribution in [0.15, 0.2) is 24.3 Å². The highest BCUT2D eigenvalue weighted by Crippen LogP contribution is 2.53. The Morgan fingerprint density at radius 3 is 2.64 bits per heavy atom. The van der Waals surface area contributed by atoms with Crippen LogP contribution in [0.25, 0.3) is 0 Å². The first-order valence-corrected chi connectivity index (χ1v) is 12.1. The lowest BCUT2D eigenvalue weighted by Gasteiger charge is -2.40. The molecule has 5 atom stereocenters. The molecule has 182 valence electrons. The molecule has 33 heavy (non-hydrogen) atoms. The van der Waals surface area contributed by atoms with Gasteiger partial charge in [0.1, 0.15) is 17.6 Å². The molecule has 1 unspecified atom stereocenters. The van der Waals surface area contributed by atoms with Crippen molar-refractivity contribution in [1.29, 1.82) is 0 Å². The van der Waals surface area contributed by atoms with Crippen LogP contribution in [0.4, 0.5) is 0 Å². The number of nitrogens with zero attached hydrogens (tertiary/aromatic N) is 2. The first kappa shape index (κ1) is 24.0. The summed E-state index contributed by atoms with van der Waals surface area (Å²) in [5.41, 5.74) is -1.67. The average molecular weight is 461 g/mol. The number of aliphatic hydroxyl groups excluding tert-OH is 1. The molecule has 0 aromatic carbocycles. The van der Waals surface area contributed by atoms with Crippen LogP contribution in [0.1, 0.15) is 52.9 Å². The zero-order chi connectivity index (χ0) is 23.8. The molecular weight excluding hydrogens is 424 g/mol. The molecule has 8 nitrogen and oxygen atoms in total. The first-order valence-electron chi connectivity index (χ1n) is 12.1. The van der Waals surface area contributed by atoms with Crippen molar-refractivity contribution in [2.45, 2.75) is 76.2 Å². The maximum absolute atomic E-state index is 14.0. The number of fused-ring (bicyclic) bond motifs is 2. The minimum absolute atomic E-state index is 0.0154. The number of amides is 2. The van der Waals surface area contributed by atoms with Crippen LogP contribution in [0.5, 0.6) is 0 Å². The third-order valence-electron chi connectivity index (χ3n) is 7.22. The minimum Gasteiger partial charge on any atom is -0.465 e. The van der Waals surface area contributed by atoms with E-state index in [1.54, 1.807) is 9.80 Å². The van der Waals surface area contributed by atoms with Gasteiger partial charge in [0.25, 0.3) is 0 Å². The van der Waals surface area contributed by atoms with Crippen molar-refractivity contribution in [2.24, 2.45) is 11.8 Å². The summed E-state index contributed by atoms with van der Waals surface area (Å²) < 4.78 is 12.1. The third-order valence-corrected chi connectivity index (χ3v) is 7.22. The molecule has 1 spiro atoms. The number of carbonyl (C=O) groups excluding carboxylic acids is 3. The van der Waals surface area contributed by atoms with Crippen molar-refractivity contribution in [1.82, 2.24) is 9.80 Å². The van der Waals surface area contributed by atoms with Crippen molar-refractivity contribution in [3.05, 3.63) is 24.3 Å². The topological polar surface area (TPSA) is 96.4 Å². The van der Waals surface area contributed by atoms with Crippen LogP contribution in [-0.2, 0) is 23.9 Å². The summed E-state index contributed by atoms with van der Waals surface area (Å²) >= 11 is 0. The average Bonchev–Trinajstić information content (AvgIpc) is 3.12. The fourth-order valence-corrected chi connectivity index (χ4v) is 5.65. The summed E-state index contributed by atoms with van der Waals surface area (Å²) in [6, 6.07) is -0.856. The molecule has 4 rings (SSSR count). The smallest absolute Gasteiger partial charge is 0.312 e. The highest BCUT2D eigenvalue weighted by atomic mass is 16.6. The number of carbonyl (C=O) groups is 3. The molecule has 1 N–H and O–H groups in total. The van der Waals surface area contributed by atoms with E-state index in [9.17, 15) is 19.5 Å². The number of cyclic esters (lactones) is 1. The quantitative estimate of drug-likeness (QED) is 0.391. The second-order valence-corrected chi connectivity index (χ2v) is 10.4. The van der Waals surface area contributed by atoms with Crippen molar-refractivity contribution in [3.63, 3.8) is 0 Å². The monoisotopic (exact) mass is 460 g/mol.